The predicted octanol–water partition coefficient (Wildman–Crippen LogP) is 2.27. The lowest BCUT2D eigenvalue weighted by atomic mass is 9.79. The van der Waals surface area contributed by atoms with Gasteiger partial charge in [-0.2, -0.15) is 0 Å². The summed E-state index contributed by atoms with van der Waals surface area (Å²) in [5.41, 5.74) is 0. The van der Waals surface area contributed by atoms with Gasteiger partial charge < -0.3 is 5.32 Å². The zero-order valence-corrected chi connectivity index (χ0v) is 11.8. The number of nitrogens with zero attached hydrogens (tertiary/aromatic N) is 1. The van der Waals surface area contributed by atoms with Crippen LogP contribution in [0.15, 0.2) is 0 Å². The molecule has 1 aliphatic rings. The number of rotatable bonds is 5. The van der Waals surface area contributed by atoms with Crippen LogP contribution in [0.5, 0.6) is 0 Å². The van der Waals surface area contributed by atoms with Gasteiger partial charge >= 0.3 is 0 Å². The lowest BCUT2D eigenvalue weighted by Crippen LogP contribution is -2.49. The van der Waals surface area contributed by atoms with Crippen LogP contribution in [0, 0.1) is 11.8 Å². The highest BCUT2D eigenvalue weighted by molar-refractivity contribution is 5.78. The number of nitrogens with one attached hydrogen (secondary N) is 1. The van der Waals surface area contributed by atoms with Crippen LogP contribution in [0.25, 0.3) is 0 Å². The Morgan fingerprint density at radius 2 is 1.71 bits per heavy atom. The second-order valence-electron chi connectivity index (χ2n) is 5.44. The molecule has 0 aromatic rings. The molecule has 1 rings (SSSR count). The van der Waals surface area contributed by atoms with Crippen molar-refractivity contribution < 1.29 is 4.79 Å². The molecule has 1 saturated carbocycles. The summed E-state index contributed by atoms with van der Waals surface area (Å²) in [6.07, 6.45) is 3.81. The molecule has 3 nitrogen and oxygen atoms in total. The Balaban J connectivity index is 2.43. The summed E-state index contributed by atoms with van der Waals surface area (Å²) in [4.78, 5) is 14.1. The monoisotopic (exact) mass is 240 g/mol. The van der Waals surface area contributed by atoms with Gasteiger partial charge in [0, 0.05) is 6.04 Å². The van der Waals surface area contributed by atoms with Crippen LogP contribution in [-0.4, -0.2) is 36.5 Å². The van der Waals surface area contributed by atoms with Gasteiger partial charge in [-0.1, -0.05) is 34.1 Å². The third kappa shape index (κ3) is 4.30. The third-order valence-electron chi connectivity index (χ3n) is 4.13. The molecule has 0 spiro atoms. The average molecular weight is 240 g/mol. The van der Waals surface area contributed by atoms with E-state index < -0.39 is 0 Å². The number of carbonyl (C=O) groups excluding carboxylic acids is 1. The van der Waals surface area contributed by atoms with Crippen molar-refractivity contribution in [1.82, 2.24) is 10.2 Å². The largest absolute Gasteiger partial charge is 0.352 e. The lowest BCUT2D eigenvalue weighted by Gasteiger charge is -2.35. The molecule has 0 saturated heterocycles. The van der Waals surface area contributed by atoms with Gasteiger partial charge in [0.15, 0.2) is 0 Å². The van der Waals surface area contributed by atoms with E-state index in [9.17, 15) is 4.79 Å². The van der Waals surface area contributed by atoms with Crippen molar-refractivity contribution >= 4 is 5.91 Å². The maximum Gasteiger partial charge on any atom is 0.234 e. The molecule has 1 amide bonds. The summed E-state index contributed by atoms with van der Waals surface area (Å²) in [6.45, 7) is 11.2. The van der Waals surface area contributed by atoms with E-state index in [1.807, 2.05) is 0 Å². The molecule has 17 heavy (non-hydrogen) atoms. The first-order chi connectivity index (χ1) is 8.08. The second kappa shape index (κ2) is 7.00. The first kappa shape index (κ1) is 14.5. The van der Waals surface area contributed by atoms with Crippen molar-refractivity contribution in [3.05, 3.63) is 0 Å². The standard InChI is InChI=1S/C14H28N2O/c1-5-16(6-2)10-13(17)15-14-11(3)8-7-9-12(14)4/h11-12,14H,5-10H2,1-4H3,(H,15,17)/t11-,12+,14?. The van der Waals surface area contributed by atoms with Crippen molar-refractivity contribution in [2.45, 2.75) is 53.0 Å². The summed E-state index contributed by atoms with van der Waals surface area (Å²) in [5, 5.41) is 3.24. The maximum absolute atomic E-state index is 12.0. The highest BCUT2D eigenvalue weighted by Gasteiger charge is 2.28. The van der Waals surface area contributed by atoms with Crippen LogP contribution in [0.2, 0.25) is 0 Å². The van der Waals surface area contributed by atoms with Gasteiger partial charge in [-0.25, -0.2) is 0 Å². The minimum Gasteiger partial charge on any atom is -0.352 e. The van der Waals surface area contributed by atoms with Crippen LogP contribution in [-0.2, 0) is 4.79 Å². The number of amides is 1. The van der Waals surface area contributed by atoms with Gasteiger partial charge in [-0.05, 0) is 37.8 Å². The van der Waals surface area contributed by atoms with E-state index in [4.69, 9.17) is 0 Å². The molecular formula is C14H28N2O. The normalized spacial score (nSPS) is 29.4. The molecule has 0 aliphatic heterocycles. The minimum atomic E-state index is 0.194. The number of hydrogen-bond donors (Lipinski definition) is 1. The molecule has 0 aromatic carbocycles. The lowest BCUT2D eigenvalue weighted by molar-refractivity contribution is -0.123. The van der Waals surface area contributed by atoms with Crippen molar-refractivity contribution in [2.75, 3.05) is 19.6 Å². The Bertz CT molecular complexity index is 228. The molecule has 1 unspecified atom stereocenters. The van der Waals surface area contributed by atoms with Gasteiger partial charge in [-0.15, -0.1) is 0 Å². The highest BCUT2D eigenvalue weighted by Crippen LogP contribution is 2.28. The predicted molar refractivity (Wildman–Crippen MR) is 71.9 cm³/mol. The Hall–Kier alpha value is -0.570. The van der Waals surface area contributed by atoms with Crippen molar-refractivity contribution in [1.29, 1.82) is 0 Å². The molecule has 3 atom stereocenters. The van der Waals surface area contributed by atoms with Gasteiger partial charge in [-0.3, -0.25) is 9.69 Å². The molecule has 1 aliphatic carbocycles. The molecule has 3 heteroatoms. The maximum atomic E-state index is 12.0. The average Bonchev–Trinajstić information content (AvgIpc) is 2.31. The molecular weight excluding hydrogens is 212 g/mol. The summed E-state index contributed by atoms with van der Waals surface area (Å²) >= 11 is 0. The van der Waals surface area contributed by atoms with E-state index in [1.165, 1.54) is 19.3 Å². The van der Waals surface area contributed by atoms with Gasteiger partial charge in [0.2, 0.25) is 5.91 Å². The molecule has 0 bridgehead atoms. The quantitative estimate of drug-likeness (QED) is 0.799. The SMILES string of the molecule is CCN(CC)CC(=O)NC1[C@H](C)CCC[C@@H]1C. The van der Waals surface area contributed by atoms with Gasteiger partial charge in [0.25, 0.3) is 0 Å². The van der Waals surface area contributed by atoms with Crippen molar-refractivity contribution in [2.24, 2.45) is 11.8 Å². The summed E-state index contributed by atoms with van der Waals surface area (Å²) in [5.74, 6) is 1.44. The van der Waals surface area contributed by atoms with Gasteiger partial charge in [0.1, 0.15) is 0 Å². The molecule has 0 heterocycles. The van der Waals surface area contributed by atoms with E-state index in [2.05, 4.69) is 37.9 Å². The molecule has 100 valence electrons. The van der Waals surface area contributed by atoms with Crippen LogP contribution in [0.1, 0.15) is 47.0 Å². The van der Waals surface area contributed by atoms with E-state index in [0.717, 1.165) is 13.1 Å². The van der Waals surface area contributed by atoms with E-state index in [-0.39, 0.29) is 5.91 Å². The zero-order valence-electron chi connectivity index (χ0n) is 11.8. The minimum absolute atomic E-state index is 0.194. The smallest absolute Gasteiger partial charge is 0.234 e. The van der Waals surface area contributed by atoms with Crippen LogP contribution in [0.3, 0.4) is 0 Å². The van der Waals surface area contributed by atoms with E-state index in [0.29, 0.717) is 24.4 Å². The van der Waals surface area contributed by atoms with Crippen LogP contribution >= 0.6 is 0 Å². The second-order valence-corrected chi connectivity index (χ2v) is 5.44. The molecule has 1 N–H and O–H groups in total. The van der Waals surface area contributed by atoms with E-state index in [1.54, 1.807) is 0 Å². The Labute approximate surface area is 106 Å². The first-order valence-electron chi connectivity index (χ1n) is 7.10. The third-order valence-corrected chi connectivity index (χ3v) is 4.13. The van der Waals surface area contributed by atoms with Crippen molar-refractivity contribution in [3.8, 4) is 0 Å². The Morgan fingerprint density at radius 3 is 2.18 bits per heavy atom. The Kier molecular flexibility index (Phi) is 5.96. The summed E-state index contributed by atoms with van der Waals surface area (Å²) in [6, 6.07) is 0.381. The highest BCUT2D eigenvalue weighted by atomic mass is 16.2. The molecule has 0 aromatic heterocycles. The van der Waals surface area contributed by atoms with Crippen LogP contribution in [0.4, 0.5) is 0 Å². The fraction of sp³-hybridized carbons (Fsp3) is 0.929. The Morgan fingerprint density at radius 1 is 1.18 bits per heavy atom. The zero-order chi connectivity index (χ0) is 12.8. The molecule has 1 fully saturated rings. The van der Waals surface area contributed by atoms with Gasteiger partial charge in [0.05, 0.1) is 6.54 Å². The first-order valence-corrected chi connectivity index (χ1v) is 7.10. The summed E-state index contributed by atoms with van der Waals surface area (Å²) in [7, 11) is 0. The fourth-order valence-electron chi connectivity index (χ4n) is 2.85. The number of carbonyl (C=O) groups is 1. The fourth-order valence-corrected chi connectivity index (χ4v) is 2.85. The van der Waals surface area contributed by atoms with E-state index >= 15 is 0 Å². The summed E-state index contributed by atoms with van der Waals surface area (Å²) < 4.78 is 0. The topological polar surface area (TPSA) is 32.3 Å². The van der Waals surface area contributed by atoms with Crippen LogP contribution < -0.4 is 5.32 Å². The van der Waals surface area contributed by atoms with Crippen molar-refractivity contribution in [3.63, 3.8) is 0 Å². The number of hydrogen-bond acceptors (Lipinski definition) is 2. The number of likely N-dealkylation sites (N-methyl/N-ethyl adjacent to an activating group) is 1. The molecule has 0 radical (unpaired) electrons.